The molecule has 1 aliphatic carbocycles. The van der Waals surface area contributed by atoms with E-state index in [2.05, 4.69) is 39.9 Å². The van der Waals surface area contributed by atoms with E-state index in [4.69, 9.17) is 32.9 Å². The van der Waals surface area contributed by atoms with Gasteiger partial charge in [-0.3, -0.25) is 19.4 Å². The summed E-state index contributed by atoms with van der Waals surface area (Å²) in [7, 11) is 1.33. The first-order valence-corrected chi connectivity index (χ1v) is 16.8. The third-order valence-electron chi connectivity index (χ3n) is 9.30. The lowest BCUT2D eigenvalue weighted by Crippen LogP contribution is -2.51. The minimum Gasteiger partial charge on any atom is -0.469 e. The highest BCUT2D eigenvalue weighted by Crippen LogP contribution is 2.50. The fourth-order valence-electron chi connectivity index (χ4n) is 6.71. The first kappa shape index (κ1) is 35.0. The molecular formula is C36H47Cl2N3O4. The molecule has 2 amide bonds. The maximum atomic E-state index is 14.6. The highest BCUT2D eigenvalue weighted by Gasteiger charge is 2.52. The van der Waals surface area contributed by atoms with Crippen LogP contribution >= 0.6 is 23.2 Å². The molecule has 2 aromatic carbocycles. The van der Waals surface area contributed by atoms with E-state index in [1.165, 1.54) is 7.11 Å². The zero-order valence-electron chi connectivity index (χ0n) is 27.6. The molecule has 0 aromatic heterocycles. The molecule has 1 fully saturated rings. The lowest BCUT2D eigenvalue weighted by molar-refractivity contribution is -0.141. The van der Waals surface area contributed by atoms with E-state index in [1.54, 1.807) is 37.3 Å². The van der Waals surface area contributed by atoms with Gasteiger partial charge in [-0.15, -0.1) is 0 Å². The number of amides is 2. The molecule has 7 nitrogen and oxygen atoms in total. The number of halogens is 2. The molecule has 1 saturated carbocycles. The van der Waals surface area contributed by atoms with Crippen molar-refractivity contribution in [1.82, 2.24) is 10.2 Å². The second-order valence-corrected chi connectivity index (χ2v) is 15.1. The highest BCUT2D eigenvalue weighted by atomic mass is 35.5. The second kappa shape index (κ2) is 14.3. The Morgan fingerprint density at radius 1 is 1.02 bits per heavy atom. The summed E-state index contributed by atoms with van der Waals surface area (Å²) in [5.74, 6) is 0.206. The summed E-state index contributed by atoms with van der Waals surface area (Å²) in [5.41, 5.74) is 1.97. The van der Waals surface area contributed by atoms with E-state index in [9.17, 15) is 14.4 Å². The van der Waals surface area contributed by atoms with Gasteiger partial charge in [0.25, 0.3) is 11.8 Å². The average Bonchev–Trinajstić information content (AvgIpc) is 3.23. The number of rotatable bonds is 10. The topological polar surface area (TPSA) is 88.1 Å². The van der Waals surface area contributed by atoms with Crippen molar-refractivity contribution in [3.8, 4) is 0 Å². The van der Waals surface area contributed by atoms with Crippen molar-refractivity contribution in [3.05, 3.63) is 69.2 Å². The average molecular weight is 657 g/mol. The van der Waals surface area contributed by atoms with Crippen molar-refractivity contribution in [2.45, 2.75) is 104 Å². The molecule has 1 heterocycles. The van der Waals surface area contributed by atoms with Gasteiger partial charge in [-0.1, -0.05) is 70.0 Å². The van der Waals surface area contributed by atoms with Crippen LogP contribution in [-0.2, 0) is 14.3 Å². The maximum absolute atomic E-state index is 14.6. The number of esters is 1. The zero-order chi connectivity index (χ0) is 33.1. The Labute approximate surface area is 278 Å². The summed E-state index contributed by atoms with van der Waals surface area (Å²) in [4.78, 5) is 46.5. The van der Waals surface area contributed by atoms with Gasteiger partial charge in [0.05, 0.1) is 19.6 Å². The number of aliphatic imine (C=N–C) groups is 1. The standard InChI is InChI=1S/C36H47Cl2N3O4/c1-22(2)8-13-30(24-9-11-25(12-10-24)33(43)39-23(3)18-31(42)45-7)41-34(44)32(26-19-28(37)21-29(38)20-26)40-36(41)16-14-27(15-17-36)35(4,5)6/h9-12,19-23,27,30H,8,13-18H2,1-7H3,(H,39,43)/t23-,27?,30-,36?/m1/s1. The van der Waals surface area contributed by atoms with Gasteiger partial charge in [-0.25, -0.2) is 0 Å². The molecular weight excluding hydrogens is 609 g/mol. The van der Waals surface area contributed by atoms with Crippen LogP contribution in [0.5, 0.6) is 0 Å². The van der Waals surface area contributed by atoms with Crippen molar-refractivity contribution in [1.29, 1.82) is 0 Å². The molecule has 244 valence electrons. The lowest BCUT2D eigenvalue weighted by atomic mass is 9.69. The Morgan fingerprint density at radius 2 is 1.62 bits per heavy atom. The summed E-state index contributed by atoms with van der Waals surface area (Å²) < 4.78 is 4.72. The summed E-state index contributed by atoms with van der Waals surface area (Å²) >= 11 is 12.8. The van der Waals surface area contributed by atoms with Crippen LogP contribution in [0.4, 0.5) is 0 Å². The predicted molar refractivity (Wildman–Crippen MR) is 181 cm³/mol. The largest absolute Gasteiger partial charge is 0.469 e. The Kier molecular flexibility index (Phi) is 11.1. The number of carbonyl (C=O) groups excluding carboxylic acids is 3. The normalized spacial score (nSPS) is 21.6. The molecule has 1 N–H and O–H groups in total. The van der Waals surface area contributed by atoms with Crippen molar-refractivity contribution in [2.75, 3.05) is 7.11 Å². The number of methoxy groups -OCH3 is 1. The SMILES string of the molecule is COC(=O)C[C@@H](C)NC(=O)c1ccc([C@@H](CCC(C)C)N2C(=O)C(c3cc(Cl)cc(Cl)c3)=NC23CCC(C(C)(C)C)CC3)cc1. The summed E-state index contributed by atoms with van der Waals surface area (Å²) in [6.45, 7) is 13.0. The summed E-state index contributed by atoms with van der Waals surface area (Å²) in [6.07, 6.45) is 5.26. The van der Waals surface area contributed by atoms with Gasteiger partial charge in [-0.05, 0) is 98.6 Å². The van der Waals surface area contributed by atoms with Crippen molar-refractivity contribution >= 4 is 46.7 Å². The molecule has 1 aliphatic heterocycles. The highest BCUT2D eigenvalue weighted by molar-refractivity contribution is 6.47. The molecule has 0 bridgehead atoms. The molecule has 2 aromatic rings. The van der Waals surface area contributed by atoms with E-state index in [1.807, 2.05) is 17.0 Å². The molecule has 4 rings (SSSR count). The molecule has 0 unspecified atom stereocenters. The quantitative estimate of drug-likeness (QED) is 0.260. The van der Waals surface area contributed by atoms with Gasteiger partial charge in [0, 0.05) is 27.2 Å². The van der Waals surface area contributed by atoms with E-state index in [-0.39, 0.29) is 41.7 Å². The number of nitrogens with one attached hydrogen (secondary N) is 1. The fraction of sp³-hybridized carbons (Fsp3) is 0.556. The molecule has 0 saturated heterocycles. The number of benzene rings is 2. The van der Waals surface area contributed by atoms with E-state index in [0.29, 0.717) is 38.7 Å². The van der Waals surface area contributed by atoms with Crippen LogP contribution in [-0.4, -0.2) is 47.2 Å². The number of ether oxygens (including phenoxy) is 1. The molecule has 2 aliphatic rings. The molecule has 0 radical (unpaired) electrons. The minimum absolute atomic E-state index is 0.0903. The van der Waals surface area contributed by atoms with Crippen LogP contribution in [0.15, 0.2) is 47.5 Å². The minimum atomic E-state index is -0.677. The zero-order valence-corrected chi connectivity index (χ0v) is 29.1. The number of hydrogen-bond acceptors (Lipinski definition) is 5. The fourth-order valence-corrected chi connectivity index (χ4v) is 7.23. The summed E-state index contributed by atoms with van der Waals surface area (Å²) in [6, 6.07) is 12.1. The van der Waals surface area contributed by atoms with Crippen LogP contribution < -0.4 is 5.32 Å². The van der Waals surface area contributed by atoms with E-state index in [0.717, 1.165) is 44.1 Å². The molecule has 2 atom stereocenters. The number of hydrogen-bond donors (Lipinski definition) is 1. The van der Waals surface area contributed by atoms with Crippen LogP contribution in [0.25, 0.3) is 0 Å². The third kappa shape index (κ3) is 8.28. The Balaban J connectivity index is 1.71. The summed E-state index contributed by atoms with van der Waals surface area (Å²) in [5, 5.41) is 3.79. The number of nitrogens with zero attached hydrogens (tertiary/aromatic N) is 2. The molecule has 1 spiro atoms. The smallest absolute Gasteiger partial charge is 0.307 e. The van der Waals surface area contributed by atoms with Gasteiger partial charge < -0.3 is 15.0 Å². The number of carbonyl (C=O) groups is 3. The maximum Gasteiger partial charge on any atom is 0.307 e. The third-order valence-corrected chi connectivity index (χ3v) is 9.74. The van der Waals surface area contributed by atoms with Crippen LogP contribution in [0.3, 0.4) is 0 Å². The van der Waals surface area contributed by atoms with Crippen molar-refractivity contribution < 1.29 is 19.1 Å². The van der Waals surface area contributed by atoms with Crippen molar-refractivity contribution in [3.63, 3.8) is 0 Å². The van der Waals surface area contributed by atoms with Gasteiger partial charge in [-0.2, -0.15) is 0 Å². The van der Waals surface area contributed by atoms with Gasteiger partial charge in [0.15, 0.2) is 0 Å². The first-order valence-electron chi connectivity index (χ1n) is 16.0. The van der Waals surface area contributed by atoms with E-state index < -0.39 is 5.66 Å². The van der Waals surface area contributed by atoms with Crippen LogP contribution in [0.1, 0.15) is 114 Å². The van der Waals surface area contributed by atoms with Gasteiger partial charge >= 0.3 is 5.97 Å². The first-order chi connectivity index (χ1) is 21.1. The second-order valence-electron chi connectivity index (χ2n) is 14.2. The molecule has 9 heteroatoms. The Hall–Kier alpha value is -2.90. The Morgan fingerprint density at radius 3 is 2.16 bits per heavy atom. The van der Waals surface area contributed by atoms with Gasteiger partial charge in [0.2, 0.25) is 0 Å². The van der Waals surface area contributed by atoms with Crippen LogP contribution in [0.2, 0.25) is 10.0 Å². The van der Waals surface area contributed by atoms with Crippen molar-refractivity contribution in [2.24, 2.45) is 22.2 Å². The molecule has 45 heavy (non-hydrogen) atoms. The van der Waals surface area contributed by atoms with Gasteiger partial charge in [0.1, 0.15) is 11.4 Å². The predicted octanol–water partition coefficient (Wildman–Crippen LogP) is 8.42. The Bertz CT molecular complexity index is 1400. The monoisotopic (exact) mass is 655 g/mol. The van der Waals surface area contributed by atoms with E-state index >= 15 is 0 Å². The van der Waals surface area contributed by atoms with Crippen LogP contribution in [0, 0.1) is 17.3 Å². The lowest BCUT2D eigenvalue weighted by Gasteiger charge is -2.47.